The molecular weight excluding hydrogens is 222 g/mol. The summed E-state index contributed by atoms with van der Waals surface area (Å²) in [5.74, 6) is 1.01. The molecule has 0 bridgehead atoms. The topological polar surface area (TPSA) is 21.3 Å². The van der Waals surface area contributed by atoms with Crippen LogP contribution < -0.4 is 10.1 Å². The summed E-state index contributed by atoms with van der Waals surface area (Å²) in [5, 5.41) is 3.53. The van der Waals surface area contributed by atoms with Crippen molar-refractivity contribution in [2.24, 2.45) is 5.41 Å². The fraction of sp³-hybridized carbons (Fsp3) is 0.625. The van der Waals surface area contributed by atoms with E-state index >= 15 is 0 Å². The molecule has 0 saturated heterocycles. The van der Waals surface area contributed by atoms with E-state index in [0.29, 0.717) is 12.1 Å². The van der Waals surface area contributed by atoms with E-state index in [2.05, 4.69) is 58.1 Å². The molecule has 2 nitrogen and oxygen atoms in total. The maximum absolute atomic E-state index is 6.14. The molecule has 2 unspecified atom stereocenters. The lowest BCUT2D eigenvalue weighted by atomic mass is 9.64. The Morgan fingerprint density at radius 1 is 1.28 bits per heavy atom. The highest BCUT2D eigenvalue weighted by Gasteiger charge is 2.49. The Balaban J connectivity index is 2.01. The Morgan fingerprint density at radius 3 is 2.56 bits per heavy atom. The van der Waals surface area contributed by atoms with Crippen molar-refractivity contribution < 1.29 is 4.74 Å². The van der Waals surface area contributed by atoms with E-state index in [1.54, 1.807) is 0 Å². The van der Waals surface area contributed by atoms with Crippen LogP contribution in [0.15, 0.2) is 18.2 Å². The first-order valence-electron chi connectivity index (χ1n) is 6.92. The van der Waals surface area contributed by atoms with E-state index < -0.39 is 0 Å². The van der Waals surface area contributed by atoms with Crippen LogP contribution in [-0.4, -0.2) is 18.7 Å². The summed E-state index contributed by atoms with van der Waals surface area (Å²) in [6.45, 7) is 12.0. The monoisotopic (exact) mass is 247 g/mol. The third-order valence-electron chi connectivity index (χ3n) is 4.38. The van der Waals surface area contributed by atoms with Gasteiger partial charge in [-0.25, -0.2) is 0 Å². The quantitative estimate of drug-likeness (QED) is 0.879. The van der Waals surface area contributed by atoms with Crippen molar-refractivity contribution in [1.29, 1.82) is 0 Å². The normalized spacial score (nSPS) is 25.6. The van der Waals surface area contributed by atoms with Gasteiger partial charge in [0.1, 0.15) is 11.9 Å². The summed E-state index contributed by atoms with van der Waals surface area (Å²) >= 11 is 0. The van der Waals surface area contributed by atoms with Crippen molar-refractivity contribution >= 4 is 0 Å². The summed E-state index contributed by atoms with van der Waals surface area (Å²) in [6, 6.07) is 6.95. The van der Waals surface area contributed by atoms with E-state index in [-0.39, 0.29) is 5.41 Å². The first kappa shape index (κ1) is 13.4. The van der Waals surface area contributed by atoms with Crippen molar-refractivity contribution in [2.45, 2.75) is 53.2 Å². The van der Waals surface area contributed by atoms with Crippen LogP contribution in [0, 0.1) is 19.3 Å². The molecule has 0 amide bonds. The lowest BCUT2D eigenvalue weighted by molar-refractivity contribution is -0.0541. The fourth-order valence-corrected chi connectivity index (χ4v) is 2.63. The molecule has 1 aliphatic carbocycles. The van der Waals surface area contributed by atoms with Gasteiger partial charge in [0.05, 0.1) is 0 Å². The number of ether oxygens (including phenoxy) is 1. The standard InChI is InChI=1S/C16H25NO/c1-6-17-14-10-15(16(14,4)5)18-13-8-7-11(2)12(3)9-13/h7-9,14-15,17H,6,10H2,1-5H3. The second-order valence-corrected chi connectivity index (χ2v) is 6.02. The Hall–Kier alpha value is -1.02. The minimum atomic E-state index is 0.217. The first-order valence-corrected chi connectivity index (χ1v) is 6.92. The summed E-state index contributed by atoms with van der Waals surface area (Å²) in [4.78, 5) is 0. The van der Waals surface area contributed by atoms with Crippen molar-refractivity contribution in [3.8, 4) is 5.75 Å². The van der Waals surface area contributed by atoms with Gasteiger partial charge in [0, 0.05) is 17.9 Å². The minimum absolute atomic E-state index is 0.217. The van der Waals surface area contributed by atoms with E-state index in [9.17, 15) is 0 Å². The van der Waals surface area contributed by atoms with Gasteiger partial charge in [-0.1, -0.05) is 26.8 Å². The van der Waals surface area contributed by atoms with Gasteiger partial charge < -0.3 is 10.1 Å². The summed E-state index contributed by atoms with van der Waals surface area (Å²) in [6.07, 6.45) is 1.43. The molecule has 0 spiro atoms. The molecule has 1 aromatic rings. The van der Waals surface area contributed by atoms with Gasteiger partial charge >= 0.3 is 0 Å². The van der Waals surface area contributed by atoms with Crippen LogP contribution in [0.5, 0.6) is 5.75 Å². The molecule has 2 rings (SSSR count). The van der Waals surface area contributed by atoms with Crippen molar-refractivity contribution in [3.63, 3.8) is 0 Å². The Morgan fingerprint density at radius 2 is 2.00 bits per heavy atom. The van der Waals surface area contributed by atoms with E-state index in [1.807, 2.05) is 0 Å². The zero-order valence-corrected chi connectivity index (χ0v) is 12.2. The van der Waals surface area contributed by atoms with Gasteiger partial charge in [0.25, 0.3) is 0 Å². The number of hydrogen-bond acceptors (Lipinski definition) is 2. The van der Waals surface area contributed by atoms with Crippen LogP contribution in [0.1, 0.15) is 38.3 Å². The molecule has 0 heterocycles. The molecule has 2 atom stereocenters. The Labute approximate surface area is 111 Å². The highest BCUT2D eigenvalue weighted by Crippen LogP contribution is 2.43. The molecule has 1 aromatic carbocycles. The first-order chi connectivity index (χ1) is 8.45. The summed E-state index contributed by atoms with van der Waals surface area (Å²) < 4.78 is 6.14. The number of benzene rings is 1. The lowest BCUT2D eigenvalue weighted by Crippen LogP contribution is -2.62. The second kappa shape index (κ2) is 4.93. The second-order valence-electron chi connectivity index (χ2n) is 6.02. The minimum Gasteiger partial charge on any atom is -0.490 e. The van der Waals surface area contributed by atoms with Crippen molar-refractivity contribution in [2.75, 3.05) is 6.54 Å². The third-order valence-corrected chi connectivity index (χ3v) is 4.38. The lowest BCUT2D eigenvalue weighted by Gasteiger charge is -2.51. The molecule has 1 aliphatic rings. The predicted molar refractivity (Wildman–Crippen MR) is 76.2 cm³/mol. The van der Waals surface area contributed by atoms with Crippen LogP contribution >= 0.6 is 0 Å². The van der Waals surface area contributed by atoms with Crippen LogP contribution in [0.3, 0.4) is 0 Å². The van der Waals surface area contributed by atoms with Gasteiger partial charge in [-0.2, -0.15) is 0 Å². The highest BCUT2D eigenvalue weighted by atomic mass is 16.5. The van der Waals surface area contributed by atoms with Gasteiger partial charge in [-0.15, -0.1) is 0 Å². The van der Waals surface area contributed by atoms with Gasteiger partial charge in [0.2, 0.25) is 0 Å². The molecule has 2 heteroatoms. The average Bonchev–Trinajstić information content (AvgIpc) is 2.32. The molecule has 1 fully saturated rings. The van der Waals surface area contributed by atoms with E-state index in [4.69, 9.17) is 4.74 Å². The van der Waals surface area contributed by atoms with Gasteiger partial charge in [-0.3, -0.25) is 0 Å². The molecule has 100 valence electrons. The number of hydrogen-bond donors (Lipinski definition) is 1. The van der Waals surface area contributed by atoms with Crippen LogP contribution in [-0.2, 0) is 0 Å². The van der Waals surface area contributed by atoms with E-state index in [1.165, 1.54) is 11.1 Å². The number of rotatable bonds is 4. The van der Waals surface area contributed by atoms with Gasteiger partial charge in [0.15, 0.2) is 0 Å². The predicted octanol–water partition coefficient (Wildman–Crippen LogP) is 3.46. The SMILES string of the molecule is CCNC1CC(Oc2ccc(C)c(C)c2)C1(C)C. The Kier molecular flexibility index (Phi) is 3.67. The smallest absolute Gasteiger partial charge is 0.120 e. The van der Waals surface area contributed by atoms with Gasteiger partial charge in [-0.05, 0) is 43.7 Å². The van der Waals surface area contributed by atoms with E-state index in [0.717, 1.165) is 18.7 Å². The maximum atomic E-state index is 6.14. The molecule has 0 aromatic heterocycles. The number of nitrogens with one attached hydrogen (secondary N) is 1. The molecule has 1 N–H and O–H groups in total. The molecule has 18 heavy (non-hydrogen) atoms. The Bertz CT molecular complexity index is 425. The molecule has 1 saturated carbocycles. The molecule has 0 aliphatic heterocycles. The fourth-order valence-electron chi connectivity index (χ4n) is 2.63. The maximum Gasteiger partial charge on any atom is 0.120 e. The average molecular weight is 247 g/mol. The molecule has 0 radical (unpaired) electrons. The number of aryl methyl sites for hydroxylation is 2. The molecular formula is C16H25NO. The zero-order chi connectivity index (χ0) is 13.3. The van der Waals surface area contributed by atoms with Crippen molar-refractivity contribution in [3.05, 3.63) is 29.3 Å². The van der Waals surface area contributed by atoms with Crippen LogP contribution in [0.2, 0.25) is 0 Å². The largest absolute Gasteiger partial charge is 0.490 e. The summed E-state index contributed by atoms with van der Waals surface area (Å²) in [5.41, 5.74) is 2.84. The van der Waals surface area contributed by atoms with Crippen molar-refractivity contribution in [1.82, 2.24) is 5.32 Å². The summed E-state index contributed by atoms with van der Waals surface area (Å²) in [7, 11) is 0. The van der Waals surface area contributed by atoms with Crippen LogP contribution in [0.4, 0.5) is 0 Å². The highest BCUT2D eigenvalue weighted by molar-refractivity contribution is 5.34. The van der Waals surface area contributed by atoms with Crippen LogP contribution in [0.25, 0.3) is 0 Å². The zero-order valence-electron chi connectivity index (χ0n) is 12.2. The third kappa shape index (κ3) is 2.39.